The normalized spacial score (nSPS) is 12.4. The number of nitrogens with zero attached hydrogens (tertiary/aromatic N) is 4. The van der Waals surface area contributed by atoms with Gasteiger partial charge in [0.15, 0.2) is 0 Å². The minimum atomic E-state index is -0.241. The van der Waals surface area contributed by atoms with Gasteiger partial charge in [0, 0.05) is 59.3 Å². The maximum Gasteiger partial charge on any atom is 0.254 e. The number of hydrogen-bond donors (Lipinski definition) is 2. The molecule has 2 aromatic carbocycles. The van der Waals surface area contributed by atoms with Crippen molar-refractivity contribution in [2.45, 2.75) is 72.0 Å². The fraction of sp³-hybridized carbons (Fsp3) is 0.342. The highest BCUT2D eigenvalue weighted by atomic mass is 32.1. The number of pyridine rings is 1. The predicted octanol–water partition coefficient (Wildman–Crippen LogP) is 7.33. The fourth-order valence-corrected chi connectivity index (χ4v) is 5.89. The van der Waals surface area contributed by atoms with Gasteiger partial charge in [-0.05, 0) is 74.9 Å². The molecule has 0 spiro atoms. The summed E-state index contributed by atoms with van der Waals surface area (Å²) in [6, 6.07) is 17.8. The topological polar surface area (TPSA) is 113 Å². The Labute approximate surface area is 286 Å². The first-order valence-corrected chi connectivity index (χ1v) is 17.4. The smallest absolute Gasteiger partial charge is 0.254 e. The van der Waals surface area contributed by atoms with E-state index in [9.17, 15) is 9.59 Å². The molecule has 0 aliphatic heterocycles. The summed E-state index contributed by atoms with van der Waals surface area (Å²) >= 11 is 1.56. The molecule has 2 amide bonds. The summed E-state index contributed by atoms with van der Waals surface area (Å²) in [4.78, 5) is 41.9. The lowest BCUT2D eigenvalue weighted by molar-refractivity contribution is 0.0729. The largest absolute Gasteiger partial charge is 0.445 e. The molecule has 1 aliphatic carbocycles. The Morgan fingerprint density at radius 2 is 1.81 bits per heavy atom. The summed E-state index contributed by atoms with van der Waals surface area (Å²) in [5.41, 5.74) is 6.06. The van der Waals surface area contributed by atoms with Gasteiger partial charge < -0.3 is 20.0 Å². The van der Waals surface area contributed by atoms with E-state index >= 15 is 0 Å². The average molecular weight is 665 g/mol. The molecule has 10 heteroatoms. The number of carbonyl (C=O) groups is 2. The number of thiazole rings is 1. The molecule has 1 fully saturated rings. The molecule has 0 atom stereocenters. The van der Waals surface area contributed by atoms with Crippen LogP contribution in [0.25, 0.3) is 11.5 Å². The van der Waals surface area contributed by atoms with E-state index in [4.69, 9.17) is 4.42 Å². The number of rotatable bonds is 13. The van der Waals surface area contributed by atoms with Gasteiger partial charge in [-0.15, -0.1) is 11.3 Å². The standard InChI is InChI=1S/C31H36N6O3S.C7H8/c1-20(2)26-11-22(16-33-17-26)15-32-7-4-8-34-29(38)23-12-24(30-35-9-10-40-30)14-25(13-23)31(39)37(27-5-6-27)18-28-36-21(3)19-41-28;1-7-5-3-2-4-6-7/h9-14,16-17,19-20,27,32H,4-8,15,18H2,1-3H3,(H,34,38);2-6H,1H3. The highest BCUT2D eigenvalue weighted by Crippen LogP contribution is 2.31. The van der Waals surface area contributed by atoms with Crippen molar-refractivity contribution in [1.29, 1.82) is 0 Å². The molecule has 0 radical (unpaired) electrons. The van der Waals surface area contributed by atoms with Gasteiger partial charge >= 0.3 is 0 Å². The zero-order valence-electron chi connectivity index (χ0n) is 28.1. The van der Waals surface area contributed by atoms with Crippen LogP contribution in [0.15, 0.2) is 89.2 Å². The van der Waals surface area contributed by atoms with Crippen LogP contribution in [0.4, 0.5) is 0 Å². The van der Waals surface area contributed by atoms with E-state index < -0.39 is 0 Å². The van der Waals surface area contributed by atoms with Crippen LogP contribution in [0.3, 0.4) is 0 Å². The van der Waals surface area contributed by atoms with Crippen LogP contribution in [0.5, 0.6) is 0 Å². The lowest BCUT2D eigenvalue weighted by Gasteiger charge is -2.22. The maximum absolute atomic E-state index is 13.7. The van der Waals surface area contributed by atoms with E-state index in [0.29, 0.717) is 41.6 Å². The molecule has 3 aromatic heterocycles. The number of benzene rings is 2. The Bertz CT molecular complexity index is 1770. The Morgan fingerprint density at radius 3 is 2.46 bits per heavy atom. The van der Waals surface area contributed by atoms with Gasteiger partial charge in [-0.2, -0.15) is 0 Å². The Kier molecular flexibility index (Phi) is 12.2. The molecule has 2 N–H and O–H groups in total. The molecule has 5 aromatic rings. The Morgan fingerprint density at radius 1 is 1.02 bits per heavy atom. The van der Waals surface area contributed by atoms with Crippen molar-refractivity contribution in [1.82, 2.24) is 30.5 Å². The zero-order chi connectivity index (χ0) is 33.9. The van der Waals surface area contributed by atoms with Gasteiger partial charge in [-0.1, -0.05) is 55.8 Å². The quantitative estimate of drug-likeness (QED) is 0.127. The monoisotopic (exact) mass is 664 g/mol. The number of amides is 2. The zero-order valence-corrected chi connectivity index (χ0v) is 28.9. The van der Waals surface area contributed by atoms with Gasteiger partial charge in [-0.3, -0.25) is 14.6 Å². The van der Waals surface area contributed by atoms with Crippen molar-refractivity contribution in [3.63, 3.8) is 0 Å². The van der Waals surface area contributed by atoms with Crippen LogP contribution in [0.1, 0.15) is 87.1 Å². The minimum absolute atomic E-state index is 0.122. The Balaban J connectivity index is 0.000000572. The summed E-state index contributed by atoms with van der Waals surface area (Å²) in [7, 11) is 0. The molecule has 3 heterocycles. The lowest BCUT2D eigenvalue weighted by atomic mass is 10.0. The summed E-state index contributed by atoms with van der Waals surface area (Å²) in [5.74, 6) is 0.440. The highest BCUT2D eigenvalue weighted by molar-refractivity contribution is 7.09. The molecular weight excluding hydrogens is 621 g/mol. The number of carbonyl (C=O) groups excluding carboxylic acids is 2. The van der Waals surface area contributed by atoms with E-state index in [1.54, 1.807) is 35.7 Å². The lowest BCUT2D eigenvalue weighted by Crippen LogP contribution is -2.33. The third-order valence-electron chi connectivity index (χ3n) is 7.91. The van der Waals surface area contributed by atoms with Crippen LogP contribution < -0.4 is 10.6 Å². The summed E-state index contributed by atoms with van der Waals surface area (Å²) < 4.78 is 5.50. The number of hydrogen-bond acceptors (Lipinski definition) is 8. The molecule has 1 saturated carbocycles. The van der Waals surface area contributed by atoms with Gasteiger partial charge in [-0.25, -0.2) is 9.97 Å². The SMILES string of the molecule is Cc1ccccc1.Cc1csc(CN(C(=O)c2cc(C(=O)NCCCNCc3cncc(C(C)C)c3)cc(-c3ncco3)c2)C2CC2)n1. The van der Waals surface area contributed by atoms with Crippen molar-refractivity contribution in [3.05, 3.63) is 123 Å². The van der Waals surface area contributed by atoms with E-state index in [0.717, 1.165) is 48.6 Å². The van der Waals surface area contributed by atoms with Crippen molar-refractivity contribution in [3.8, 4) is 11.5 Å². The van der Waals surface area contributed by atoms with Gasteiger partial charge in [0.2, 0.25) is 5.89 Å². The average Bonchev–Trinajstić information content (AvgIpc) is 3.61. The number of aryl methyl sites for hydroxylation is 2. The van der Waals surface area contributed by atoms with Crippen LogP contribution >= 0.6 is 11.3 Å². The van der Waals surface area contributed by atoms with Gasteiger partial charge in [0.1, 0.15) is 11.3 Å². The van der Waals surface area contributed by atoms with Crippen molar-refractivity contribution in [2.24, 2.45) is 0 Å². The fourth-order valence-electron chi connectivity index (χ4n) is 5.12. The summed E-state index contributed by atoms with van der Waals surface area (Å²) in [5, 5.41) is 9.31. The molecule has 9 nitrogen and oxygen atoms in total. The van der Waals surface area contributed by atoms with E-state index in [2.05, 4.69) is 64.6 Å². The van der Waals surface area contributed by atoms with Crippen LogP contribution in [-0.2, 0) is 13.1 Å². The minimum Gasteiger partial charge on any atom is -0.445 e. The molecular formula is C38H44N6O3S. The van der Waals surface area contributed by atoms with Crippen molar-refractivity contribution in [2.75, 3.05) is 13.1 Å². The molecule has 6 rings (SSSR count). The summed E-state index contributed by atoms with van der Waals surface area (Å²) in [6.07, 6.45) is 9.51. The molecule has 250 valence electrons. The van der Waals surface area contributed by atoms with Crippen LogP contribution in [0.2, 0.25) is 0 Å². The Hall–Kier alpha value is -4.67. The second-order valence-electron chi connectivity index (χ2n) is 12.4. The summed E-state index contributed by atoms with van der Waals surface area (Å²) in [6.45, 7) is 10.8. The maximum atomic E-state index is 13.7. The number of aromatic nitrogens is 3. The number of oxazole rings is 1. The van der Waals surface area contributed by atoms with E-state index in [-0.39, 0.29) is 17.9 Å². The van der Waals surface area contributed by atoms with Crippen molar-refractivity contribution >= 4 is 23.2 Å². The van der Waals surface area contributed by atoms with Gasteiger partial charge in [0.05, 0.1) is 12.7 Å². The number of nitrogens with one attached hydrogen (secondary N) is 2. The highest BCUT2D eigenvalue weighted by Gasteiger charge is 2.34. The van der Waals surface area contributed by atoms with Crippen LogP contribution in [0, 0.1) is 13.8 Å². The third kappa shape index (κ3) is 10.2. The van der Waals surface area contributed by atoms with Crippen molar-refractivity contribution < 1.29 is 14.0 Å². The van der Waals surface area contributed by atoms with Gasteiger partial charge in [0.25, 0.3) is 11.8 Å². The molecule has 0 saturated heterocycles. The molecule has 0 unspecified atom stereocenters. The first kappa shape index (κ1) is 34.7. The van der Waals surface area contributed by atoms with E-state index in [1.807, 2.05) is 47.8 Å². The van der Waals surface area contributed by atoms with E-state index in [1.165, 1.54) is 17.4 Å². The first-order valence-electron chi connectivity index (χ1n) is 16.5. The molecule has 1 aliphatic rings. The second kappa shape index (κ2) is 16.9. The first-order chi connectivity index (χ1) is 23.3. The second-order valence-corrected chi connectivity index (χ2v) is 13.3. The molecule has 0 bridgehead atoms. The predicted molar refractivity (Wildman–Crippen MR) is 190 cm³/mol. The third-order valence-corrected chi connectivity index (χ3v) is 8.86. The molecule has 48 heavy (non-hydrogen) atoms. The van der Waals surface area contributed by atoms with Crippen LogP contribution in [-0.4, -0.2) is 50.8 Å².